The first-order chi connectivity index (χ1) is 15.5. The molecule has 2 bridgehead atoms. The van der Waals surface area contributed by atoms with Gasteiger partial charge < -0.3 is 4.57 Å². The van der Waals surface area contributed by atoms with E-state index in [2.05, 4.69) is 18.2 Å². The average molecular weight is 463 g/mol. The Labute approximate surface area is 190 Å². The van der Waals surface area contributed by atoms with Crippen LogP contribution in [-0.2, 0) is 16.6 Å². The van der Waals surface area contributed by atoms with Gasteiger partial charge in [-0.15, -0.1) is 11.3 Å². The van der Waals surface area contributed by atoms with Crippen LogP contribution in [0.15, 0.2) is 82.5 Å². The molecule has 0 N–H and O–H groups in total. The summed E-state index contributed by atoms with van der Waals surface area (Å²) in [7, 11) is -3.57. The molecule has 1 fully saturated rings. The summed E-state index contributed by atoms with van der Waals surface area (Å²) in [6.45, 7) is 1.41. The van der Waals surface area contributed by atoms with Crippen molar-refractivity contribution in [1.29, 1.82) is 0 Å². The second-order valence-corrected chi connectivity index (χ2v) is 11.7. The number of rotatable bonds is 3. The van der Waals surface area contributed by atoms with Crippen molar-refractivity contribution in [1.82, 2.24) is 8.87 Å². The number of piperidine rings is 1. The summed E-state index contributed by atoms with van der Waals surface area (Å²) < 4.78 is 31.4. The number of benzene rings is 2. The van der Waals surface area contributed by atoms with Gasteiger partial charge in [-0.3, -0.25) is 4.79 Å². The van der Waals surface area contributed by atoms with E-state index in [1.807, 2.05) is 28.8 Å². The fraction of sp³-hybridized carbons (Fsp3) is 0.240. The highest BCUT2D eigenvalue weighted by Gasteiger charge is 2.40. The molecule has 6 rings (SSSR count). The summed E-state index contributed by atoms with van der Waals surface area (Å²) >= 11 is 1.72. The smallest absolute Gasteiger partial charge is 0.250 e. The molecule has 0 amide bonds. The molecule has 162 valence electrons. The lowest BCUT2D eigenvalue weighted by Crippen LogP contribution is -2.49. The van der Waals surface area contributed by atoms with E-state index in [-0.39, 0.29) is 17.4 Å². The van der Waals surface area contributed by atoms with E-state index in [4.69, 9.17) is 0 Å². The van der Waals surface area contributed by atoms with Crippen molar-refractivity contribution in [2.75, 3.05) is 13.1 Å². The molecule has 32 heavy (non-hydrogen) atoms. The minimum atomic E-state index is -3.57. The van der Waals surface area contributed by atoms with Crippen LogP contribution in [0.1, 0.15) is 18.0 Å². The minimum absolute atomic E-state index is 0.000993. The molecule has 2 aromatic heterocycles. The molecule has 2 atom stereocenters. The van der Waals surface area contributed by atoms with Crippen LogP contribution in [0, 0.1) is 5.92 Å². The van der Waals surface area contributed by atoms with Crippen molar-refractivity contribution in [3.8, 4) is 10.4 Å². The molecule has 7 heteroatoms. The van der Waals surface area contributed by atoms with Gasteiger partial charge in [-0.1, -0.05) is 36.4 Å². The van der Waals surface area contributed by atoms with Gasteiger partial charge in [0.1, 0.15) is 0 Å². The maximum absolute atomic E-state index is 13.3. The molecule has 1 saturated heterocycles. The summed E-state index contributed by atoms with van der Waals surface area (Å²) in [6.07, 6.45) is 0.905. The van der Waals surface area contributed by atoms with E-state index in [1.165, 1.54) is 10.1 Å². The molecule has 0 aliphatic carbocycles. The fourth-order valence-corrected chi connectivity index (χ4v) is 7.91. The van der Waals surface area contributed by atoms with Gasteiger partial charge in [-0.05, 0) is 48.1 Å². The highest BCUT2D eigenvalue weighted by molar-refractivity contribution is 7.89. The number of pyridine rings is 1. The minimum Gasteiger partial charge on any atom is -0.311 e. The van der Waals surface area contributed by atoms with Crippen molar-refractivity contribution >= 4 is 31.4 Å². The van der Waals surface area contributed by atoms with E-state index in [9.17, 15) is 13.2 Å². The normalized spacial score (nSPS) is 20.9. The third kappa shape index (κ3) is 3.15. The lowest BCUT2D eigenvalue weighted by molar-refractivity contribution is 0.187. The summed E-state index contributed by atoms with van der Waals surface area (Å²) in [5.41, 5.74) is 2.03. The third-order valence-corrected chi connectivity index (χ3v) is 9.62. The Morgan fingerprint density at radius 2 is 1.66 bits per heavy atom. The predicted octanol–water partition coefficient (Wildman–Crippen LogP) is 4.54. The second-order valence-electron chi connectivity index (χ2n) is 8.66. The topological polar surface area (TPSA) is 59.4 Å². The van der Waals surface area contributed by atoms with Gasteiger partial charge in [0.15, 0.2) is 0 Å². The molecule has 0 unspecified atom stereocenters. The molecule has 4 aromatic rings. The first-order valence-corrected chi connectivity index (χ1v) is 13.0. The number of hydrogen-bond acceptors (Lipinski definition) is 4. The molecule has 4 heterocycles. The molecule has 0 saturated carbocycles. The SMILES string of the molecule is O=c1ccc(-c2cc3ccccc3s2)c2n1C[C@@H]1C[C@@H]2CN(S(=O)(=O)c2ccccc2)C1. The Bertz CT molecular complexity index is 1460. The van der Waals surface area contributed by atoms with Gasteiger partial charge in [-0.2, -0.15) is 4.31 Å². The average Bonchev–Trinajstić information content (AvgIpc) is 3.24. The highest BCUT2D eigenvalue weighted by Crippen LogP contribution is 2.43. The predicted molar refractivity (Wildman–Crippen MR) is 128 cm³/mol. The molecule has 2 aromatic carbocycles. The molecular weight excluding hydrogens is 440 g/mol. The Morgan fingerprint density at radius 3 is 2.47 bits per heavy atom. The van der Waals surface area contributed by atoms with E-state index in [1.54, 1.807) is 46.0 Å². The zero-order valence-electron chi connectivity index (χ0n) is 17.3. The van der Waals surface area contributed by atoms with Gasteiger partial charge in [0.25, 0.3) is 5.56 Å². The number of fused-ring (bicyclic) bond motifs is 5. The maximum Gasteiger partial charge on any atom is 0.250 e. The van der Waals surface area contributed by atoms with Crippen LogP contribution in [-0.4, -0.2) is 30.4 Å². The first-order valence-electron chi connectivity index (χ1n) is 10.8. The lowest BCUT2D eigenvalue weighted by atomic mass is 9.82. The zero-order chi connectivity index (χ0) is 21.9. The van der Waals surface area contributed by atoms with Crippen LogP contribution in [0.4, 0.5) is 0 Å². The summed E-state index contributed by atoms with van der Waals surface area (Å²) in [5, 5.41) is 1.18. The molecule has 5 nitrogen and oxygen atoms in total. The van der Waals surface area contributed by atoms with Gasteiger partial charge in [-0.25, -0.2) is 8.42 Å². The van der Waals surface area contributed by atoms with Crippen molar-refractivity contribution in [3.63, 3.8) is 0 Å². The molecule has 0 spiro atoms. The van der Waals surface area contributed by atoms with Gasteiger partial charge >= 0.3 is 0 Å². The van der Waals surface area contributed by atoms with Crippen LogP contribution >= 0.6 is 11.3 Å². The second kappa shape index (κ2) is 7.40. The third-order valence-electron chi connectivity index (χ3n) is 6.63. The first kappa shape index (κ1) is 19.9. The van der Waals surface area contributed by atoms with E-state index < -0.39 is 10.0 Å². The standard InChI is InChI=1S/C25H22N2O3S2/c28-24-11-10-21(23-13-18-6-4-5-9-22(18)31-23)25-19-12-17(15-27(24)25)14-26(16-19)32(29,30)20-7-2-1-3-8-20/h1-11,13,17,19H,12,14-16H2/t17-,19-/m1/s1. The Morgan fingerprint density at radius 1 is 0.875 bits per heavy atom. The fourth-order valence-electron chi connectivity index (χ4n) is 5.23. The van der Waals surface area contributed by atoms with Crippen LogP contribution in [0.2, 0.25) is 0 Å². The zero-order valence-corrected chi connectivity index (χ0v) is 19.0. The van der Waals surface area contributed by atoms with E-state index in [0.717, 1.165) is 22.6 Å². The van der Waals surface area contributed by atoms with Gasteiger partial charge in [0, 0.05) is 52.5 Å². The lowest BCUT2D eigenvalue weighted by Gasteiger charge is -2.42. The van der Waals surface area contributed by atoms with Crippen LogP contribution in [0.5, 0.6) is 0 Å². The Balaban J connectivity index is 1.45. The molecular formula is C25H22N2O3S2. The van der Waals surface area contributed by atoms with Gasteiger partial charge in [0.2, 0.25) is 10.0 Å². The summed E-state index contributed by atoms with van der Waals surface area (Å²) in [5.74, 6) is 0.130. The largest absolute Gasteiger partial charge is 0.311 e. The van der Waals surface area contributed by atoms with Crippen LogP contribution in [0.25, 0.3) is 20.5 Å². The number of nitrogens with zero attached hydrogens (tertiary/aromatic N) is 2. The van der Waals surface area contributed by atoms with Crippen molar-refractivity contribution in [2.24, 2.45) is 5.92 Å². The van der Waals surface area contributed by atoms with Gasteiger partial charge in [0.05, 0.1) is 4.90 Å². The number of sulfonamides is 1. The van der Waals surface area contributed by atoms with Crippen molar-refractivity contribution < 1.29 is 8.42 Å². The van der Waals surface area contributed by atoms with Crippen LogP contribution < -0.4 is 5.56 Å². The van der Waals surface area contributed by atoms with E-state index in [0.29, 0.717) is 24.5 Å². The number of aromatic nitrogens is 1. The Kier molecular flexibility index (Phi) is 4.61. The monoisotopic (exact) mass is 462 g/mol. The quantitative estimate of drug-likeness (QED) is 0.449. The summed E-state index contributed by atoms with van der Waals surface area (Å²) in [6, 6.07) is 22.7. The highest BCUT2D eigenvalue weighted by atomic mass is 32.2. The molecule has 0 radical (unpaired) electrons. The number of thiophene rings is 1. The summed E-state index contributed by atoms with van der Waals surface area (Å²) in [4.78, 5) is 14.2. The number of hydrogen-bond donors (Lipinski definition) is 0. The van der Waals surface area contributed by atoms with Crippen LogP contribution in [0.3, 0.4) is 0 Å². The van der Waals surface area contributed by atoms with Crippen molar-refractivity contribution in [2.45, 2.75) is 23.8 Å². The Hall–Kier alpha value is -2.74. The molecule has 2 aliphatic heterocycles. The maximum atomic E-state index is 13.3. The van der Waals surface area contributed by atoms with E-state index >= 15 is 0 Å². The molecule has 2 aliphatic rings. The van der Waals surface area contributed by atoms with Crippen molar-refractivity contribution in [3.05, 3.63) is 88.8 Å².